The Morgan fingerprint density at radius 2 is 1.95 bits per heavy atom. The van der Waals surface area contributed by atoms with Gasteiger partial charge in [-0.25, -0.2) is 13.2 Å². The molecule has 118 valence electrons. The molecular formula is C16H23F3N2. The zero-order chi connectivity index (χ0) is 15.8. The van der Waals surface area contributed by atoms with Gasteiger partial charge in [0.15, 0.2) is 0 Å². The van der Waals surface area contributed by atoms with Crippen LogP contribution in [0.3, 0.4) is 0 Å². The molecule has 21 heavy (non-hydrogen) atoms. The first-order chi connectivity index (χ1) is 10.1. The van der Waals surface area contributed by atoms with Gasteiger partial charge in [0.2, 0.25) is 0 Å². The Morgan fingerprint density at radius 3 is 2.43 bits per heavy atom. The van der Waals surface area contributed by atoms with E-state index in [1.54, 1.807) is 6.07 Å². The average Bonchev–Trinajstić information content (AvgIpc) is 3.24. The number of halogens is 3. The Hall–Kier alpha value is -1.52. The molecule has 0 N–H and O–H groups in total. The minimum Gasteiger partial charge on any atom is -0.256 e. The van der Waals surface area contributed by atoms with Gasteiger partial charge in [0.1, 0.15) is 17.9 Å². The van der Waals surface area contributed by atoms with Crippen molar-refractivity contribution in [1.82, 2.24) is 9.78 Å². The second-order valence-electron chi connectivity index (χ2n) is 4.75. The van der Waals surface area contributed by atoms with Crippen LogP contribution < -0.4 is 0 Å². The normalized spacial score (nSPS) is 13.5. The van der Waals surface area contributed by atoms with Gasteiger partial charge in [-0.2, -0.15) is 5.10 Å². The van der Waals surface area contributed by atoms with Crippen molar-refractivity contribution in [2.45, 2.75) is 53.0 Å². The van der Waals surface area contributed by atoms with Gasteiger partial charge in [-0.1, -0.05) is 52.2 Å². The van der Waals surface area contributed by atoms with Crippen molar-refractivity contribution in [2.75, 3.05) is 0 Å². The summed E-state index contributed by atoms with van der Waals surface area (Å²) in [6.07, 6.45) is 3.28. The molecule has 2 nitrogen and oxygen atoms in total. The second-order valence-corrected chi connectivity index (χ2v) is 4.75. The van der Waals surface area contributed by atoms with Crippen LogP contribution >= 0.6 is 0 Å². The molecule has 1 heterocycles. The maximum atomic E-state index is 13.2. The van der Waals surface area contributed by atoms with Gasteiger partial charge in [-0.3, -0.25) is 4.68 Å². The van der Waals surface area contributed by atoms with Crippen molar-refractivity contribution in [3.63, 3.8) is 0 Å². The Balaban J connectivity index is 0.000000263. The number of alkyl halides is 2. The van der Waals surface area contributed by atoms with E-state index in [2.05, 4.69) is 12.0 Å². The molecule has 3 rings (SSSR count). The monoisotopic (exact) mass is 300 g/mol. The molecule has 0 bridgehead atoms. The molecule has 1 saturated carbocycles. The second kappa shape index (κ2) is 8.70. The van der Waals surface area contributed by atoms with Crippen LogP contribution in [0.25, 0.3) is 10.9 Å². The molecule has 0 spiro atoms. The fourth-order valence-corrected chi connectivity index (χ4v) is 1.89. The van der Waals surface area contributed by atoms with E-state index >= 15 is 0 Å². The minimum atomic E-state index is -2.53. The number of para-hydroxylation sites is 1. The van der Waals surface area contributed by atoms with Crippen molar-refractivity contribution in [1.29, 1.82) is 0 Å². The number of hydrogen-bond donors (Lipinski definition) is 0. The molecular weight excluding hydrogens is 277 g/mol. The number of hydrogen-bond acceptors (Lipinski definition) is 1. The van der Waals surface area contributed by atoms with Crippen LogP contribution in [0.1, 0.15) is 40.0 Å². The van der Waals surface area contributed by atoms with Gasteiger partial charge in [0.05, 0.1) is 6.20 Å². The quantitative estimate of drug-likeness (QED) is 0.754. The number of fused-ring (bicyclic) bond motifs is 1. The Morgan fingerprint density at radius 1 is 1.29 bits per heavy atom. The first-order valence-corrected chi connectivity index (χ1v) is 7.50. The zero-order valence-corrected chi connectivity index (χ0v) is 12.8. The third kappa shape index (κ3) is 5.40. The third-order valence-electron chi connectivity index (χ3n) is 3.20. The number of aromatic nitrogens is 2. The number of benzene rings is 1. The Labute approximate surface area is 124 Å². The highest BCUT2D eigenvalue weighted by molar-refractivity contribution is 5.78. The highest BCUT2D eigenvalue weighted by Crippen LogP contribution is 2.31. The van der Waals surface area contributed by atoms with Gasteiger partial charge in [0, 0.05) is 5.39 Å². The van der Waals surface area contributed by atoms with E-state index in [9.17, 15) is 13.2 Å². The summed E-state index contributed by atoms with van der Waals surface area (Å²) in [5.41, 5.74) is 0.132. The first-order valence-electron chi connectivity index (χ1n) is 7.50. The van der Waals surface area contributed by atoms with E-state index in [-0.39, 0.29) is 5.52 Å². The zero-order valence-electron chi connectivity index (χ0n) is 12.8. The Kier molecular flexibility index (Phi) is 7.26. The number of nitrogens with zero attached hydrogens (tertiary/aromatic N) is 2. The van der Waals surface area contributed by atoms with E-state index in [1.807, 2.05) is 13.8 Å². The van der Waals surface area contributed by atoms with Gasteiger partial charge in [-0.05, 0) is 12.0 Å². The summed E-state index contributed by atoms with van der Waals surface area (Å²) in [5.74, 6) is 0.607. The lowest BCUT2D eigenvalue weighted by Crippen LogP contribution is -2.08. The molecule has 1 aromatic carbocycles. The van der Waals surface area contributed by atoms with Crippen LogP contribution in [0.15, 0.2) is 24.4 Å². The summed E-state index contributed by atoms with van der Waals surface area (Å²) in [6, 6.07) is 4.38. The van der Waals surface area contributed by atoms with Crippen molar-refractivity contribution >= 4 is 10.9 Å². The van der Waals surface area contributed by atoms with E-state index < -0.39 is 18.8 Å². The summed E-state index contributed by atoms with van der Waals surface area (Å²) < 4.78 is 38.4. The molecule has 2 aromatic rings. The highest BCUT2D eigenvalue weighted by atomic mass is 19.3. The largest absolute Gasteiger partial charge is 0.257 e. The summed E-state index contributed by atoms with van der Waals surface area (Å²) in [5, 5.41) is 4.23. The summed E-state index contributed by atoms with van der Waals surface area (Å²) in [4.78, 5) is 0. The van der Waals surface area contributed by atoms with Gasteiger partial charge in [-0.15, -0.1) is 0 Å². The van der Waals surface area contributed by atoms with Crippen molar-refractivity contribution in [3.05, 3.63) is 30.2 Å². The standard InChI is InChI=1S/C9H7F3N2.C5H10.C2H6/c10-7-3-1-2-6-4-13-14(9(6)7)5-8(11)12;1-2-5-3-4-5;1-2/h1-4,8H,5H2;5H,2-4H2,1H3;1-2H3. The number of rotatable bonds is 3. The third-order valence-corrected chi connectivity index (χ3v) is 3.20. The lowest BCUT2D eigenvalue weighted by molar-refractivity contribution is 0.123. The summed E-state index contributed by atoms with van der Waals surface area (Å²) in [7, 11) is 0. The lowest BCUT2D eigenvalue weighted by atomic mass is 10.2. The molecule has 0 aliphatic heterocycles. The van der Waals surface area contributed by atoms with Crippen LogP contribution in [0, 0.1) is 11.7 Å². The van der Waals surface area contributed by atoms with E-state index in [0.717, 1.165) is 10.6 Å². The van der Waals surface area contributed by atoms with E-state index in [1.165, 1.54) is 37.6 Å². The summed E-state index contributed by atoms with van der Waals surface area (Å²) in [6.45, 7) is 5.68. The van der Waals surface area contributed by atoms with Crippen LogP contribution in [0.5, 0.6) is 0 Å². The SMILES string of the molecule is CC.CCC1CC1.Fc1cccc2cnn(CC(F)F)c12. The topological polar surface area (TPSA) is 17.8 Å². The average molecular weight is 300 g/mol. The molecule has 5 heteroatoms. The lowest BCUT2D eigenvalue weighted by Gasteiger charge is -2.02. The maximum Gasteiger partial charge on any atom is 0.257 e. The molecule has 1 fully saturated rings. The van der Waals surface area contributed by atoms with E-state index in [0.29, 0.717) is 5.39 Å². The van der Waals surface area contributed by atoms with Gasteiger partial charge >= 0.3 is 0 Å². The first kappa shape index (κ1) is 17.5. The fourth-order valence-electron chi connectivity index (χ4n) is 1.89. The maximum absolute atomic E-state index is 13.2. The highest BCUT2D eigenvalue weighted by Gasteiger charge is 2.17. The predicted molar refractivity (Wildman–Crippen MR) is 80.1 cm³/mol. The van der Waals surface area contributed by atoms with Crippen LogP contribution in [-0.2, 0) is 6.54 Å². The van der Waals surface area contributed by atoms with E-state index in [4.69, 9.17) is 0 Å². The molecule has 0 radical (unpaired) electrons. The fraction of sp³-hybridized carbons (Fsp3) is 0.562. The van der Waals surface area contributed by atoms with Crippen molar-refractivity contribution in [2.24, 2.45) is 5.92 Å². The molecule has 0 saturated heterocycles. The molecule has 1 aliphatic carbocycles. The summed E-state index contributed by atoms with van der Waals surface area (Å²) >= 11 is 0. The van der Waals surface area contributed by atoms with Gasteiger partial charge in [0.25, 0.3) is 6.43 Å². The van der Waals surface area contributed by atoms with Crippen LogP contribution in [-0.4, -0.2) is 16.2 Å². The van der Waals surface area contributed by atoms with Crippen molar-refractivity contribution < 1.29 is 13.2 Å². The molecule has 0 amide bonds. The smallest absolute Gasteiger partial charge is 0.256 e. The molecule has 1 aromatic heterocycles. The van der Waals surface area contributed by atoms with Crippen LogP contribution in [0.4, 0.5) is 13.2 Å². The van der Waals surface area contributed by atoms with Crippen LogP contribution in [0.2, 0.25) is 0 Å². The Bertz CT molecular complexity index is 533. The molecule has 0 unspecified atom stereocenters. The molecule has 0 atom stereocenters. The van der Waals surface area contributed by atoms with Crippen molar-refractivity contribution in [3.8, 4) is 0 Å². The predicted octanol–water partition coefficient (Wildman–Crippen LogP) is 5.27. The van der Waals surface area contributed by atoms with Gasteiger partial charge < -0.3 is 0 Å². The minimum absolute atomic E-state index is 0.132. The molecule has 1 aliphatic rings.